The molecule has 1 fully saturated rings. The molecule has 3 heterocycles. The van der Waals surface area contributed by atoms with E-state index in [-0.39, 0.29) is 6.54 Å². The predicted octanol–water partition coefficient (Wildman–Crippen LogP) is 4.94. The van der Waals surface area contributed by atoms with Crippen LogP contribution in [0, 0.1) is 0 Å². The Balaban J connectivity index is 1.54. The van der Waals surface area contributed by atoms with Gasteiger partial charge in [0.15, 0.2) is 0 Å². The highest BCUT2D eigenvalue weighted by molar-refractivity contribution is 5.69. The number of carboxylic acids is 1. The highest BCUT2D eigenvalue weighted by Crippen LogP contribution is 2.42. The van der Waals surface area contributed by atoms with Crippen molar-refractivity contribution in [3.63, 3.8) is 0 Å². The number of rotatable bonds is 10. The number of anilines is 1. The molecule has 1 unspecified atom stereocenters. The van der Waals surface area contributed by atoms with Crippen LogP contribution in [0.1, 0.15) is 74.3 Å². The summed E-state index contributed by atoms with van der Waals surface area (Å²) in [6.07, 6.45) is 6.74. The van der Waals surface area contributed by atoms with E-state index in [1.165, 1.54) is 11.1 Å². The van der Waals surface area contributed by atoms with Gasteiger partial charge in [-0.15, -0.1) is 0 Å². The van der Waals surface area contributed by atoms with Crippen molar-refractivity contribution in [3.8, 4) is 0 Å². The van der Waals surface area contributed by atoms with Crippen LogP contribution in [0.2, 0.25) is 0 Å². The van der Waals surface area contributed by atoms with E-state index in [2.05, 4.69) is 49.5 Å². The molecule has 1 aromatic heterocycles. The summed E-state index contributed by atoms with van der Waals surface area (Å²) in [5, 5.41) is 13.0. The minimum Gasteiger partial charge on any atom is -0.480 e. The molecule has 2 atom stereocenters. The maximum absolute atomic E-state index is 11.6. The Hall–Kier alpha value is -2.44. The molecule has 1 saturated heterocycles. The number of benzene rings is 1. The first-order chi connectivity index (χ1) is 16.1. The van der Waals surface area contributed by atoms with Gasteiger partial charge in [0.05, 0.1) is 6.54 Å². The molecule has 2 aliphatic rings. The number of likely N-dealkylation sites (tertiary alicyclic amines) is 1. The summed E-state index contributed by atoms with van der Waals surface area (Å²) in [6.45, 7) is 6.63. The van der Waals surface area contributed by atoms with Crippen molar-refractivity contribution < 1.29 is 14.6 Å². The third-order valence-corrected chi connectivity index (χ3v) is 7.23. The fourth-order valence-corrected chi connectivity index (χ4v) is 5.48. The summed E-state index contributed by atoms with van der Waals surface area (Å²) >= 11 is 0. The zero-order chi connectivity index (χ0) is 23.3. The van der Waals surface area contributed by atoms with Crippen LogP contribution >= 0.6 is 0 Å². The number of aromatic nitrogens is 1. The minimum absolute atomic E-state index is 0.00664. The average Bonchev–Trinajstić information content (AvgIpc) is 3.24. The second kappa shape index (κ2) is 10.7. The van der Waals surface area contributed by atoms with Crippen LogP contribution in [-0.2, 0) is 28.1 Å². The SMILES string of the molecule is CCc1ccccc1C1(OCC[C@@H](CC)c2ccc3c(n2)NCCC3)CCCN1CC(=O)O. The van der Waals surface area contributed by atoms with Gasteiger partial charge in [-0.25, -0.2) is 4.98 Å². The van der Waals surface area contributed by atoms with Crippen LogP contribution in [0.3, 0.4) is 0 Å². The minimum atomic E-state index is -0.809. The molecule has 2 aromatic rings. The van der Waals surface area contributed by atoms with Crippen molar-refractivity contribution in [2.45, 2.75) is 70.4 Å². The van der Waals surface area contributed by atoms with Crippen LogP contribution in [0.15, 0.2) is 36.4 Å². The lowest BCUT2D eigenvalue weighted by Gasteiger charge is -2.39. The molecule has 0 spiro atoms. The topological polar surface area (TPSA) is 74.7 Å². The smallest absolute Gasteiger partial charge is 0.317 e. The summed E-state index contributed by atoms with van der Waals surface area (Å²) in [7, 11) is 0. The molecule has 6 heteroatoms. The lowest BCUT2D eigenvalue weighted by molar-refractivity contribution is -0.162. The number of aliphatic carboxylic acids is 1. The summed E-state index contributed by atoms with van der Waals surface area (Å²) in [4.78, 5) is 18.6. The number of carboxylic acid groups (broad SMARTS) is 1. The lowest BCUT2D eigenvalue weighted by atomic mass is 9.92. The Morgan fingerprint density at radius 1 is 1.24 bits per heavy atom. The van der Waals surface area contributed by atoms with Crippen LogP contribution in [0.25, 0.3) is 0 Å². The van der Waals surface area contributed by atoms with Crippen molar-refractivity contribution in [2.24, 2.45) is 0 Å². The molecule has 2 N–H and O–H groups in total. The molecule has 1 aromatic carbocycles. The van der Waals surface area contributed by atoms with Crippen molar-refractivity contribution in [1.29, 1.82) is 0 Å². The van der Waals surface area contributed by atoms with Crippen LogP contribution in [-0.4, -0.2) is 47.2 Å². The Labute approximate surface area is 197 Å². The molecule has 178 valence electrons. The van der Waals surface area contributed by atoms with Crippen LogP contribution < -0.4 is 5.32 Å². The number of aryl methyl sites for hydroxylation is 2. The molecule has 0 bridgehead atoms. The van der Waals surface area contributed by atoms with Gasteiger partial charge < -0.3 is 15.2 Å². The monoisotopic (exact) mass is 451 g/mol. The Kier molecular flexibility index (Phi) is 7.66. The Bertz CT molecular complexity index is 963. The van der Waals surface area contributed by atoms with Gasteiger partial charge in [-0.1, -0.05) is 44.2 Å². The third kappa shape index (κ3) is 5.07. The second-order valence-electron chi connectivity index (χ2n) is 9.23. The van der Waals surface area contributed by atoms with Gasteiger partial charge in [0.2, 0.25) is 0 Å². The molecule has 0 aliphatic carbocycles. The number of nitrogens with zero attached hydrogens (tertiary/aromatic N) is 2. The average molecular weight is 452 g/mol. The number of hydrogen-bond acceptors (Lipinski definition) is 5. The van der Waals surface area contributed by atoms with Gasteiger partial charge in [-0.3, -0.25) is 9.69 Å². The van der Waals surface area contributed by atoms with E-state index in [4.69, 9.17) is 9.72 Å². The number of pyridine rings is 1. The number of fused-ring (bicyclic) bond motifs is 1. The van der Waals surface area contributed by atoms with E-state index in [0.717, 1.165) is 75.1 Å². The third-order valence-electron chi connectivity index (χ3n) is 7.23. The van der Waals surface area contributed by atoms with Gasteiger partial charge >= 0.3 is 5.97 Å². The quantitative estimate of drug-likeness (QED) is 0.533. The molecular formula is C27H37N3O3. The zero-order valence-electron chi connectivity index (χ0n) is 20.0. The highest BCUT2D eigenvalue weighted by atomic mass is 16.5. The summed E-state index contributed by atoms with van der Waals surface area (Å²) in [5.74, 6) is 0.540. The summed E-state index contributed by atoms with van der Waals surface area (Å²) in [6, 6.07) is 12.7. The maximum Gasteiger partial charge on any atom is 0.317 e. The molecule has 0 saturated carbocycles. The van der Waals surface area contributed by atoms with Crippen molar-refractivity contribution >= 4 is 11.8 Å². The standard InChI is InChI=1S/C27H37N3O3/c1-3-20-9-5-6-11-23(20)27(15-8-17-30(27)19-25(31)32)33-18-14-21(4-2)24-13-12-22-10-7-16-28-26(22)29-24/h5-6,9,11-13,21H,3-4,7-8,10,14-19H2,1-2H3,(H,28,29)(H,31,32)/t21-,27?/m1/s1. The molecule has 6 nitrogen and oxygen atoms in total. The van der Waals surface area contributed by atoms with Gasteiger partial charge in [0, 0.05) is 36.9 Å². The van der Waals surface area contributed by atoms with Gasteiger partial charge in [0.25, 0.3) is 0 Å². The highest BCUT2D eigenvalue weighted by Gasteiger charge is 2.45. The van der Waals surface area contributed by atoms with Crippen LogP contribution in [0.5, 0.6) is 0 Å². The number of nitrogens with one attached hydrogen (secondary N) is 1. The first kappa shape index (κ1) is 23.7. The number of hydrogen-bond donors (Lipinski definition) is 2. The fourth-order valence-electron chi connectivity index (χ4n) is 5.48. The Morgan fingerprint density at radius 3 is 2.88 bits per heavy atom. The summed E-state index contributed by atoms with van der Waals surface area (Å²) < 4.78 is 6.72. The van der Waals surface area contributed by atoms with E-state index in [0.29, 0.717) is 12.5 Å². The number of ether oxygens (including phenoxy) is 1. The molecule has 2 aliphatic heterocycles. The van der Waals surface area contributed by atoms with Gasteiger partial charge in [0.1, 0.15) is 11.5 Å². The lowest BCUT2D eigenvalue weighted by Crippen LogP contribution is -2.46. The first-order valence-electron chi connectivity index (χ1n) is 12.5. The van der Waals surface area contributed by atoms with Crippen molar-refractivity contribution in [2.75, 3.05) is 31.6 Å². The molecular weight excluding hydrogens is 414 g/mol. The van der Waals surface area contributed by atoms with Gasteiger partial charge in [-0.2, -0.15) is 0 Å². The van der Waals surface area contributed by atoms with E-state index in [1.807, 2.05) is 11.0 Å². The van der Waals surface area contributed by atoms with Crippen molar-refractivity contribution in [1.82, 2.24) is 9.88 Å². The molecule has 33 heavy (non-hydrogen) atoms. The largest absolute Gasteiger partial charge is 0.480 e. The molecule has 0 radical (unpaired) electrons. The fraction of sp³-hybridized carbons (Fsp3) is 0.556. The second-order valence-corrected chi connectivity index (χ2v) is 9.23. The zero-order valence-corrected chi connectivity index (χ0v) is 20.0. The van der Waals surface area contributed by atoms with E-state index >= 15 is 0 Å². The summed E-state index contributed by atoms with van der Waals surface area (Å²) in [5.41, 5.74) is 4.10. The number of carbonyl (C=O) groups is 1. The van der Waals surface area contributed by atoms with Crippen LogP contribution in [0.4, 0.5) is 5.82 Å². The molecule has 4 rings (SSSR count). The van der Waals surface area contributed by atoms with Crippen molar-refractivity contribution in [3.05, 3.63) is 58.8 Å². The first-order valence-corrected chi connectivity index (χ1v) is 12.5. The maximum atomic E-state index is 11.6. The van der Waals surface area contributed by atoms with E-state index < -0.39 is 11.7 Å². The van der Waals surface area contributed by atoms with Gasteiger partial charge in [-0.05, 0) is 62.1 Å². The Morgan fingerprint density at radius 2 is 2.09 bits per heavy atom. The normalized spacial score (nSPS) is 21.4. The molecule has 0 amide bonds. The van der Waals surface area contributed by atoms with E-state index in [9.17, 15) is 9.90 Å². The van der Waals surface area contributed by atoms with E-state index in [1.54, 1.807) is 0 Å². The predicted molar refractivity (Wildman–Crippen MR) is 131 cm³/mol.